The SMILES string of the molecule is Cc1cc(C)cc(NC(=O)NC2C[C@H]3CC[C@@H](C2)[NH+]3Cc2ccc(F)cc2)c1. The predicted molar refractivity (Wildman–Crippen MR) is 109 cm³/mol. The number of carbonyl (C=O) groups excluding carboxylic acids is 1. The number of nitrogens with one attached hydrogen (secondary N) is 3. The Morgan fingerprint density at radius 3 is 2.25 bits per heavy atom. The second kappa shape index (κ2) is 7.92. The summed E-state index contributed by atoms with van der Waals surface area (Å²) in [5.74, 6) is -0.181. The van der Waals surface area contributed by atoms with E-state index in [4.69, 9.17) is 0 Å². The molecule has 3 N–H and O–H groups in total. The van der Waals surface area contributed by atoms with Crippen LogP contribution >= 0.6 is 0 Å². The van der Waals surface area contributed by atoms with Gasteiger partial charge in [-0.25, -0.2) is 9.18 Å². The summed E-state index contributed by atoms with van der Waals surface area (Å²) in [5, 5.41) is 6.17. The summed E-state index contributed by atoms with van der Waals surface area (Å²) in [6, 6.07) is 14.2. The van der Waals surface area contributed by atoms with Crippen LogP contribution in [0.5, 0.6) is 0 Å². The van der Waals surface area contributed by atoms with Crippen molar-refractivity contribution in [3.05, 3.63) is 65.0 Å². The lowest BCUT2D eigenvalue weighted by molar-refractivity contribution is -0.954. The van der Waals surface area contributed by atoms with Crippen LogP contribution in [0.15, 0.2) is 42.5 Å². The molecule has 2 fully saturated rings. The average Bonchev–Trinajstić information content (AvgIpc) is 2.84. The Labute approximate surface area is 166 Å². The van der Waals surface area contributed by atoms with Crippen molar-refractivity contribution in [2.24, 2.45) is 0 Å². The number of quaternary nitrogens is 1. The van der Waals surface area contributed by atoms with Crippen LogP contribution in [-0.2, 0) is 6.54 Å². The molecule has 2 heterocycles. The number of hydrogen-bond acceptors (Lipinski definition) is 1. The Balaban J connectivity index is 1.33. The number of hydrogen-bond donors (Lipinski definition) is 3. The number of rotatable bonds is 4. The van der Waals surface area contributed by atoms with Crippen LogP contribution in [0.25, 0.3) is 0 Å². The molecule has 2 saturated heterocycles. The maximum atomic E-state index is 13.2. The van der Waals surface area contributed by atoms with E-state index in [1.54, 1.807) is 17.0 Å². The first-order valence-electron chi connectivity index (χ1n) is 10.2. The third kappa shape index (κ3) is 4.36. The first-order valence-corrected chi connectivity index (χ1v) is 10.2. The lowest BCUT2D eigenvalue weighted by Gasteiger charge is -2.36. The van der Waals surface area contributed by atoms with Gasteiger partial charge >= 0.3 is 6.03 Å². The molecule has 0 spiro atoms. The number of amides is 2. The molecule has 4 rings (SSSR count). The van der Waals surface area contributed by atoms with Crippen molar-refractivity contribution in [2.75, 3.05) is 5.32 Å². The molecule has 2 aromatic carbocycles. The Morgan fingerprint density at radius 2 is 1.64 bits per heavy atom. The highest BCUT2D eigenvalue weighted by molar-refractivity contribution is 5.89. The van der Waals surface area contributed by atoms with Crippen LogP contribution in [-0.4, -0.2) is 24.2 Å². The molecule has 2 bridgehead atoms. The first kappa shape index (κ1) is 18.9. The highest BCUT2D eigenvalue weighted by atomic mass is 19.1. The first-order chi connectivity index (χ1) is 13.5. The van der Waals surface area contributed by atoms with Gasteiger partial charge < -0.3 is 15.5 Å². The van der Waals surface area contributed by atoms with Crippen molar-refractivity contribution in [3.8, 4) is 0 Å². The summed E-state index contributed by atoms with van der Waals surface area (Å²) >= 11 is 0. The van der Waals surface area contributed by atoms with Gasteiger partial charge in [-0.2, -0.15) is 0 Å². The number of anilines is 1. The Bertz CT molecular complexity index is 817. The average molecular weight is 383 g/mol. The third-order valence-electron chi connectivity index (χ3n) is 6.19. The molecular weight excluding hydrogens is 353 g/mol. The van der Waals surface area contributed by atoms with Crippen molar-refractivity contribution in [1.82, 2.24) is 5.32 Å². The molecule has 4 nitrogen and oxygen atoms in total. The van der Waals surface area contributed by atoms with Crippen LogP contribution in [0.3, 0.4) is 0 Å². The van der Waals surface area contributed by atoms with Gasteiger partial charge in [0.2, 0.25) is 0 Å². The second-order valence-corrected chi connectivity index (χ2v) is 8.49. The van der Waals surface area contributed by atoms with Crippen LogP contribution in [0.2, 0.25) is 0 Å². The van der Waals surface area contributed by atoms with Gasteiger partial charge in [0.1, 0.15) is 12.4 Å². The van der Waals surface area contributed by atoms with Crippen LogP contribution in [0.1, 0.15) is 42.4 Å². The van der Waals surface area contributed by atoms with E-state index in [0.717, 1.165) is 36.2 Å². The van der Waals surface area contributed by atoms with E-state index >= 15 is 0 Å². The molecule has 2 aliphatic rings. The van der Waals surface area contributed by atoms with E-state index in [1.807, 2.05) is 38.1 Å². The molecular formula is C23H29FN3O+. The molecule has 28 heavy (non-hydrogen) atoms. The molecule has 2 amide bonds. The number of fused-ring (bicyclic) bond motifs is 2. The zero-order valence-electron chi connectivity index (χ0n) is 16.6. The fraction of sp³-hybridized carbons (Fsp3) is 0.435. The predicted octanol–water partition coefficient (Wildman–Crippen LogP) is 3.34. The van der Waals surface area contributed by atoms with E-state index in [0.29, 0.717) is 12.1 Å². The van der Waals surface area contributed by atoms with Crippen molar-refractivity contribution in [1.29, 1.82) is 0 Å². The van der Waals surface area contributed by atoms with Gasteiger partial charge in [0.05, 0.1) is 12.1 Å². The van der Waals surface area contributed by atoms with E-state index in [9.17, 15) is 9.18 Å². The molecule has 0 saturated carbocycles. The Hall–Kier alpha value is -2.40. The monoisotopic (exact) mass is 382 g/mol. The zero-order chi connectivity index (χ0) is 19.7. The minimum atomic E-state index is -0.181. The zero-order valence-corrected chi connectivity index (χ0v) is 16.6. The van der Waals surface area contributed by atoms with Gasteiger partial charge in [-0.15, -0.1) is 0 Å². The second-order valence-electron chi connectivity index (χ2n) is 8.49. The van der Waals surface area contributed by atoms with Crippen molar-refractivity contribution >= 4 is 11.7 Å². The standard InChI is InChI=1S/C23H28FN3O/c1-15-9-16(2)11-19(10-15)25-23(28)26-20-12-21-7-8-22(13-20)27(21)14-17-3-5-18(24)6-4-17/h3-6,9-11,20-22H,7-8,12-14H2,1-2H3,(H2,25,26,28)/p+1/t20?,21-,22+. The van der Waals surface area contributed by atoms with Crippen molar-refractivity contribution < 1.29 is 14.1 Å². The fourth-order valence-electron chi connectivity index (χ4n) is 5.07. The van der Waals surface area contributed by atoms with E-state index < -0.39 is 0 Å². The molecule has 0 radical (unpaired) electrons. The number of benzene rings is 2. The largest absolute Gasteiger partial charge is 0.335 e. The number of piperidine rings is 1. The summed E-state index contributed by atoms with van der Waals surface area (Å²) in [6.45, 7) is 5.01. The number of urea groups is 1. The molecule has 148 valence electrons. The lowest BCUT2D eigenvalue weighted by Crippen LogP contribution is -3.17. The minimum absolute atomic E-state index is 0.114. The molecule has 2 aromatic rings. The maximum absolute atomic E-state index is 13.2. The lowest BCUT2D eigenvalue weighted by atomic mass is 9.96. The smallest absolute Gasteiger partial charge is 0.319 e. The summed E-state index contributed by atoms with van der Waals surface area (Å²) < 4.78 is 13.2. The van der Waals surface area contributed by atoms with E-state index in [1.165, 1.54) is 18.4 Å². The molecule has 4 atom stereocenters. The van der Waals surface area contributed by atoms with Gasteiger partial charge in [0.15, 0.2) is 0 Å². The van der Waals surface area contributed by atoms with Crippen LogP contribution in [0, 0.1) is 19.7 Å². The number of carbonyl (C=O) groups is 1. The fourth-order valence-corrected chi connectivity index (χ4v) is 5.07. The number of halogens is 1. The molecule has 2 aliphatic heterocycles. The van der Waals surface area contributed by atoms with Crippen LogP contribution in [0.4, 0.5) is 14.9 Å². The summed E-state index contributed by atoms with van der Waals surface area (Å²) in [4.78, 5) is 14.1. The van der Waals surface area contributed by atoms with E-state index in [2.05, 4.69) is 16.7 Å². The summed E-state index contributed by atoms with van der Waals surface area (Å²) in [6.07, 6.45) is 4.43. The van der Waals surface area contributed by atoms with Crippen LogP contribution < -0.4 is 15.5 Å². The highest BCUT2D eigenvalue weighted by Crippen LogP contribution is 2.24. The number of aryl methyl sites for hydroxylation is 2. The topological polar surface area (TPSA) is 45.6 Å². The normalized spacial score (nSPS) is 26.1. The summed E-state index contributed by atoms with van der Waals surface area (Å²) in [5.41, 5.74) is 4.32. The highest BCUT2D eigenvalue weighted by Gasteiger charge is 2.44. The molecule has 5 heteroatoms. The van der Waals surface area contributed by atoms with Gasteiger partial charge in [-0.05, 0) is 49.2 Å². The minimum Gasteiger partial charge on any atom is -0.335 e. The van der Waals surface area contributed by atoms with Gasteiger partial charge in [0, 0.05) is 43.0 Å². The van der Waals surface area contributed by atoms with Crippen molar-refractivity contribution in [3.63, 3.8) is 0 Å². The molecule has 0 aliphatic carbocycles. The maximum Gasteiger partial charge on any atom is 0.319 e. The molecule has 0 aromatic heterocycles. The van der Waals surface area contributed by atoms with E-state index in [-0.39, 0.29) is 17.9 Å². The summed E-state index contributed by atoms with van der Waals surface area (Å²) in [7, 11) is 0. The third-order valence-corrected chi connectivity index (χ3v) is 6.19. The van der Waals surface area contributed by atoms with Gasteiger partial charge in [-0.3, -0.25) is 0 Å². The Kier molecular flexibility index (Phi) is 5.36. The van der Waals surface area contributed by atoms with Gasteiger partial charge in [0.25, 0.3) is 0 Å². The van der Waals surface area contributed by atoms with Crippen molar-refractivity contribution in [2.45, 2.75) is 64.2 Å². The Morgan fingerprint density at radius 1 is 1.04 bits per heavy atom. The quantitative estimate of drug-likeness (QED) is 0.746. The van der Waals surface area contributed by atoms with Gasteiger partial charge in [-0.1, -0.05) is 18.2 Å². The molecule has 2 unspecified atom stereocenters.